The number of rotatable bonds is 8. The van der Waals surface area contributed by atoms with Gasteiger partial charge in [-0.05, 0) is 23.9 Å². The van der Waals surface area contributed by atoms with Crippen LogP contribution in [0.15, 0.2) is 48.7 Å². The number of aliphatic hydroxyl groups excluding tert-OH is 1. The number of aldehydes is 1. The van der Waals surface area contributed by atoms with Crippen molar-refractivity contribution in [1.82, 2.24) is 14.9 Å². The predicted octanol–water partition coefficient (Wildman–Crippen LogP) is 2.49. The Morgan fingerprint density at radius 3 is 2.67 bits per heavy atom. The molecule has 0 radical (unpaired) electrons. The molecule has 3 heterocycles. The number of anilines is 2. The summed E-state index contributed by atoms with van der Waals surface area (Å²) < 4.78 is 5.82. The zero-order chi connectivity index (χ0) is 24.9. The number of aliphatic hydroxyl groups is 1. The Hall–Kier alpha value is -3.85. The second-order valence-electron chi connectivity index (χ2n) is 9.04. The molecule has 1 aromatic heterocycles. The number of aromatic nitrogens is 2. The van der Waals surface area contributed by atoms with Crippen molar-refractivity contribution >= 4 is 28.6 Å². The van der Waals surface area contributed by atoms with Crippen LogP contribution < -0.4 is 14.5 Å². The quantitative estimate of drug-likeness (QED) is 0.281. The van der Waals surface area contributed by atoms with Gasteiger partial charge < -0.3 is 29.6 Å². The van der Waals surface area contributed by atoms with Crippen LogP contribution in [-0.2, 0) is 17.8 Å². The molecule has 36 heavy (non-hydrogen) atoms. The molecule has 0 atom stereocenters. The Balaban J connectivity index is 1.45. The van der Waals surface area contributed by atoms with Crippen LogP contribution in [0.25, 0.3) is 10.8 Å². The van der Waals surface area contributed by atoms with Gasteiger partial charge in [-0.2, -0.15) is 9.97 Å². The SMILES string of the molecule is O=CC=CN1CCN(c2nc(OCCCO)nc3c2CCN(c2cc(O)cc4ccccc24)C3)CC1. The molecule has 188 valence electrons. The van der Waals surface area contributed by atoms with E-state index in [-0.39, 0.29) is 12.4 Å². The number of piperazine rings is 1. The summed E-state index contributed by atoms with van der Waals surface area (Å²) in [6, 6.07) is 12.0. The summed E-state index contributed by atoms with van der Waals surface area (Å²) in [4.78, 5) is 26.9. The monoisotopic (exact) mass is 489 g/mol. The number of hydrogen-bond acceptors (Lipinski definition) is 9. The lowest BCUT2D eigenvalue weighted by molar-refractivity contribution is -0.104. The van der Waals surface area contributed by atoms with E-state index in [1.165, 1.54) is 6.08 Å². The van der Waals surface area contributed by atoms with Crippen LogP contribution in [0.4, 0.5) is 11.5 Å². The van der Waals surface area contributed by atoms with E-state index >= 15 is 0 Å². The maximum absolute atomic E-state index is 10.7. The molecule has 2 aliphatic rings. The minimum absolute atomic E-state index is 0.0480. The third kappa shape index (κ3) is 5.06. The fourth-order valence-electron chi connectivity index (χ4n) is 4.92. The van der Waals surface area contributed by atoms with E-state index in [9.17, 15) is 9.90 Å². The van der Waals surface area contributed by atoms with Crippen LogP contribution in [0.3, 0.4) is 0 Å². The van der Waals surface area contributed by atoms with Crippen molar-refractivity contribution < 1.29 is 19.7 Å². The molecule has 0 aliphatic carbocycles. The number of aromatic hydroxyl groups is 1. The van der Waals surface area contributed by atoms with E-state index in [0.29, 0.717) is 25.6 Å². The van der Waals surface area contributed by atoms with Gasteiger partial charge in [0, 0.05) is 74.7 Å². The number of benzene rings is 2. The molecular weight excluding hydrogens is 458 g/mol. The molecular formula is C27H31N5O4. The van der Waals surface area contributed by atoms with Crippen molar-refractivity contribution in [2.75, 3.05) is 55.7 Å². The summed E-state index contributed by atoms with van der Waals surface area (Å²) in [5, 5.41) is 21.6. The number of phenolic OH excluding ortho intramolecular Hbond substituents is 1. The van der Waals surface area contributed by atoms with Gasteiger partial charge in [0.05, 0.1) is 18.8 Å². The number of nitrogens with zero attached hydrogens (tertiary/aromatic N) is 5. The highest BCUT2D eigenvalue weighted by molar-refractivity contribution is 5.95. The van der Waals surface area contributed by atoms with Gasteiger partial charge in [-0.3, -0.25) is 4.79 Å². The molecule has 0 unspecified atom stereocenters. The number of phenols is 1. The molecule has 5 rings (SSSR count). The maximum Gasteiger partial charge on any atom is 0.318 e. The van der Waals surface area contributed by atoms with Gasteiger partial charge in [0.15, 0.2) is 0 Å². The molecule has 3 aromatic rings. The second kappa shape index (κ2) is 10.8. The summed E-state index contributed by atoms with van der Waals surface area (Å²) in [6.07, 6.45) is 5.44. The first kappa shape index (κ1) is 23.9. The van der Waals surface area contributed by atoms with Crippen molar-refractivity contribution in [3.63, 3.8) is 0 Å². The first-order chi connectivity index (χ1) is 17.7. The molecule has 2 aliphatic heterocycles. The summed E-state index contributed by atoms with van der Waals surface area (Å²) in [6.45, 7) is 4.91. The Bertz CT molecular complexity index is 1260. The van der Waals surface area contributed by atoms with E-state index in [1.807, 2.05) is 30.5 Å². The maximum atomic E-state index is 10.7. The highest BCUT2D eigenvalue weighted by atomic mass is 16.5. The van der Waals surface area contributed by atoms with Crippen LogP contribution >= 0.6 is 0 Å². The van der Waals surface area contributed by atoms with E-state index in [2.05, 4.69) is 20.8 Å². The number of hydrogen-bond donors (Lipinski definition) is 2. The predicted molar refractivity (Wildman–Crippen MR) is 139 cm³/mol. The van der Waals surface area contributed by atoms with E-state index in [1.54, 1.807) is 6.07 Å². The molecule has 9 nitrogen and oxygen atoms in total. The van der Waals surface area contributed by atoms with E-state index in [4.69, 9.17) is 19.8 Å². The number of fused-ring (bicyclic) bond motifs is 2. The molecule has 1 fully saturated rings. The van der Waals surface area contributed by atoms with Crippen molar-refractivity contribution in [2.24, 2.45) is 0 Å². The Morgan fingerprint density at radius 2 is 1.86 bits per heavy atom. The summed E-state index contributed by atoms with van der Waals surface area (Å²) >= 11 is 0. The fraction of sp³-hybridized carbons (Fsp3) is 0.370. The third-order valence-corrected chi connectivity index (χ3v) is 6.71. The number of ether oxygens (including phenoxy) is 1. The first-order valence-corrected chi connectivity index (χ1v) is 12.4. The molecule has 0 spiro atoms. The molecule has 1 saturated heterocycles. The van der Waals surface area contributed by atoms with Crippen LogP contribution in [-0.4, -0.2) is 77.3 Å². The van der Waals surface area contributed by atoms with E-state index in [0.717, 1.165) is 79.0 Å². The van der Waals surface area contributed by atoms with Crippen LogP contribution in [0.2, 0.25) is 0 Å². The fourth-order valence-corrected chi connectivity index (χ4v) is 4.92. The van der Waals surface area contributed by atoms with Gasteiger partial charge in [-0.25, -0.2) is 0 Å². The van der Waals surface area contributed by atoms with Crippen LogP contribution in [0.5, 0.6) is 11.8 Å². The molecule has 0 bridgehead atoms. The van der Waals surface area contributed by atoms with E-state index < -0.39 is 0 Å². The molecule has 9 heteroatoms. The van der Waals surface area contributed by atoms with Gasteiger partial charge in [0.25, 0.3) is 0 Å². The Labute approximate surface area is 210 Å². The molecule has 2 aromatic carbocycles. The molecule has 2 N–H and O–H groups in total. The average molecular weight is 490 g/mol. The third-order valence-electron chi connectivity index (χ3n) is 6.71. The highest BCUT2D eigenvalue weighted by Crippen LogP contribution is 2.36. The molecule has 0 amide bonds. The highest BCUT2D eigenvalue weighted by Gasteiger charge is 2.28. The van der Waals surface area contributed by atoms with Crippen molar-refractivity contribution in [3.05, 3.63) is 59.9 Å². The standard InChI is InChI=1S/C27H31N5O4/c33-14-3-8-30-10-12-31(13-11-30)26-23-7-9-32(19-24(23)28-27(29-26)36-16-4-15-34)25-18-21(35)17-20-5-1-2-6-22(20)25/h1-3,5-6,8,14,17-18,34-35H,4,7,9-13,15-16,19H2. The lowest BCUT2D eigenvalue weighted by Gasteiger charge is -2.38. The number of carbonyl (C=O) groups excluding carboxylic acids is 1. The van der Waals surface area contributed by atoms with Crippen molar-refractivity contribution in [1.29, 1.82) is 0 Å². The largest absolute Gasteiger partial charge is 0.508 e. The van der Waals surface area contributed by atoms with Gasteiger partial charge >= 0.3 is 6.01 Å². The smallest absolute Gasteiger partial charge is 0.318 e. The van der Waals surface area contributed by atoms with Gasteiger partial charge in [0.1, 0.15) is 17.9 Å². The number of allylic oxidation sites excluding steroid dienone is 1. The average Bonchev–Trinajstić information content (AvgIpc) is 2.91. The van der Waals surface area contributed by atoms with Crippen molar-refractivity contribution in [3.8, 4) is 11.8 Å². The lowest BCUT2D eigenvalue weighted by atomic mass is 10.0. The summed E-state index contributed by atoms with van der Waals surface area (Å²) in [5.41, 5.74) is 3.03. The second-order valence-corrected chi connectivity index (χ2v) is 9.04. The zero-order valence-electron chi connectivity index (χ0n) is 20.2. The summed E-state index contributed by atoms with van der Waals surface area (Å²) in [7, 11) is 0. The van der Waals surface area contributed by atoms with Crippen LogP contribution in [0, 0.1) is 0 Å². The Morgan fingerprint density at radius 1 is 1.03 bits per heavy atom. The number of carbonyl (C=O) groups is 1. The normalized spacial score (nSPS) is 16.0. The van der Waals surface area contributed by atoms with Crippen LogP contribution in [0.1, 0.15) is 17.7 Å². The molecule has 0 saturated carbocycles. The zero-order valence-corrected chi connectivity index (χ0v) is 20.2. The van der Waals surface area contributed by atoms with Crippen molar-refractivity contribution in [2.45, 2.75) is 19.4 Å². The van der Waals surface area contributed by atoms with Gasteiger partial charge in [-0.1, -0.05) is 24.3 Å². The Kier molecular flexibility index (Phi) is 7.18. The van der Waals surface area contributed by atoms with Gasteiger partial charge in [0.2, 0.25) is 0 Å². The lowest BCUT2D eigenvalue weighted by Crippen LogP contribution is -2.45. The summed E-state index contributed by atoms with van der Waals surface area (Å²) in [5.74, 6) is 1.14. The van der Waals surface area contributed by atoms with Gasteiger partial charge in [-0.15, -0.1) is 0 Å². The minimum atomic E-state index is 0.0480. The first-order valence-electron chi connectivity index (χ1n) is 12.4. The minimum Gasteiger partial charge on any atom is -0.508 e. The topological polar surface area (TPSA) is 102 Å².